The van der Waals surface area contributed by atoms with Crippen LogP contribution in [0.1, 0.15) is 19.3 Å². The Morgan fingerprint density at radius 2 is 2.10 bits per heavy atom. The lowest BCUT2D eigenvalue weighted by molar-refractivity contribution is 0.00762. The first-order valence-corrected chi connectivity index (χ1v) is 7.72. The van der Waals surface area contributed by atoms with Gasteiger partial charge in [-0.1, -0.05) is 12.1 Å². The van der Waals surface area contributed by atoms with Gasteiger partial charge in [0.25, 0.3) is 0 Å². The first-order chi connectivity index (χ1) is 9.93. The summed E-state index contributed by atoms with van der Waals surface area (Å²) in [7, 11) is 0. The van der Waals surface area contributed by atoms with Crippen molar-refractivity contribution in [2.45, 2.75) is 25.4 Å². The fraction of sp³-hybridized carbons (Fsp3) is 0.625. The third-order valence-corrected chi connectivity index (χ3v) is 3.96. The van der Waals surface area contributed by atoms with Crippen molar-refractivity contribution in [2.24, 2.45) is 0 Å². The summed E-state index contributed by atoms with van der Waals surface area (Å²) >= 11 is 0. The van der Waals surface area contributed by atoms with Gasteiger partial charge >= 0.3 is 0 Å². The molecule has 2 heterocycles. The minimum Gasteiger partial charge on any atom is -0.486 e. The number of hydrogen-bond acceptors (Lipinski definition) is 4. The molecule has 0 bridgehead atoms. The maximum absolute atomic E-state index is 6.19. The Morgan fingerprint density at radius 3 is 3.00 bits per heavy atom. The Balaban J connectivity index is 1.72. The molecular formula is C16H24N2O2. The molecule has 4 heteroatoms. The van der Waals surface area contributed by atoms with Crippen LogP contribution in [0.3, 0.4) is 0 Å². The van der Waals surface area contributed by atoms with Crippen molar-refractivity contribution in [2.75, 3.05) is 44.3 Å². The van der Waals surface area contributed by atoms with Gasteiger partial charge in [-0.3, -0.25) is 0 Å². The number of anilines is 1. The molecule has 110 valence electrons. The minimum atomic E-state index is 0.204. The Morgan fingerprint density at radius 1 is 1.15 bits per heavy atom. The molecule has 1 atom stereocenters. The highest BCUT2D eigenvalue weighted by Gasteiger charge is 2.19. The molecule has 1 N–H and O–H groups in total. The summed E-state index contributed by atoms with van der Waals surface area (Å²) in [4.78, 5) is 2.43. The average Bonchev–Trinajstić information content (AvgIpc) is 2.78. The van der Waals surface area contributed by atoms with E-state index < -0.39 is 0 Å². The van der Waals surface area contributed by atoms with Crippen molar-refractivity contribution in [3.05, 3.63) is 24.3 Å². The zero-order valence-corrected chi connectivity index (χ0v) is 12.0. The van der Waals surface area contributed by atoms with E-state index >= 15 is 0 Å². The van der Waals surface area contributed by atoms with Gasteiger partial charge in [-0.2, -0.15) is 0 Å². The van der Waals surface area contributed by atoms with Gasteiger partial charge in [-0.05, 0) is 37.9 Å². The summed E-state index contributed by atoms with van der Waals surface area (Å²) in [6.07, 6.45) is 3.58. The fourth-order valence-corrected chi connectivity index (χ4v) is 2.89. The highest BCUT2D eigenvalue weighted by atomic mass is 16.5. The highest BCUT2D eigenvalue weighted by Crippen LogP contribution is 2.30. The van der Waals surface area contributed by atoms with Gasteiger partial charge < -0.3 is 19.7 Å². The monoisotopic (exact) mass is 276 g/mol. The van der Waals surface area contributed by atoms with E-state index in [-0.39, 0.29) is 6.10 Å². The van der Waals surface area contributed by atoms with Crippen LogP contribution in [0, 0.1) is 0 Å². The van der Waals surface area contributed by atoms with E-state index in [1.807, 2.05) is 0 Å². The zero-order valence-electron chi connectivity index (χ0n) is 12.0. The van der Waals surface area contributed by atoms with Crippen LogP contribution in [-0.2, 0) is 4.74 Å². The predicted molar refractivity (Wildman–Crippen MR) is 80.6 cm³/mol. The number of nitrogens with zero attached hydrogens (tertiary/aromatic N) is 1. The Labute approximate surface area is 121 Å². The quantitative estimate of drug-likeness (QED) is 0.916. The van der Waals surface area contributed by atoms with E-state index in [4.69, 9.17) is 9.47 Å². The van der Waals surface area contributed by atoms with Crippen LogP contribution in [0.5, 0.6) is 5.75 Å². The van der Waals surface area contributed by atoms with E-state index in [1.165, 1.54) is 12.1 Å². The summed E-state index contributed by atoms with van der Waals surface area (Å²) in [5.41, 5.74) is 1.22. The number of hydrogen-bond donors (Lipinski definition) is 1. The van der Waals surface area contributed by atoms with Crippen LogP contribution in [0.4, 0.5) is 5.69 Å². The Hall–Kier alpha value is -1.26. The average molecular weight is 276 g/mol. The SMILES string of the molecule is c1ccc(N2CCCNCC2)c(OC2CCCOC2)c1. The van der Waals surface area contributed by atoms with E-state index in [0.717, 1.165) is 58.0 Å². The molecule has 2 fully saturated rings. The lowest BCUT2D eigenvalue weighted by Gasteiger charge is -2.28. The standard InChI is InChI=1S/C16H24N2O2/c1-2-7-16(20-14-5-3-12-19-13-14)15(6-1)18-10-4-8-17-9-11-18/h1-2,6-7,14,17H,3-5,8-13H2. The van der Waals surface area contributed by atoms with E-state index in [2.05, 4.69) is 34.5 Å². The molecule has 0 amide bonds. The summed E-state index contributed by atoms with van der Waals surface area (Å²) < 4.78 is 11.7. The van der Waals surface area contributed by atoms with Crippen molar-refractivity contribution in [3.63, 3.8) is 0 Å². The molecule has 0 aliphatic carbocycles. The molecular weight excluding hydrogens is 252 g/mol. The van der Waals surface area contributed by atoms with Crippen molar-refractivity contribution >= 4 is 5.69 Å². The van der Waals surface area contributed by atoms with Crippen LogP contribution in [0.25, 0.3) is 0 Å². The van der Waals surface area contributed by atoms with E-state index in [9.17, 15) is 0 Å². The van der Waals surface area contributed by atoms with Gasteiger partial charge in [0, 0.05) is 26.2 Å². The molecule has 0 saturated carbocycles. The minimum absolute atomic E-state index is 0.204. The number of nitrogens with one attached hydrogen (secondary N) is 1. The number of para-hydroxylation sites is 2. The second kappa shape index (κ2) is 6.95. The topological polar surface area (TPSA) is 33.7 Å². The Kier molecular flexibility index (Phi) is 4.77. The molecule has 1 aromatic rings. The first-order valence-electron chi connectivity index (χ1n) is 7.72. The largest absolute Gasteiger partial charge is 0.486 e. The highest BCUT2D eigenvalue weighted by molar-refractivity contribution is 5.58. The summed E-state index contributed by atoms with van der Waals surface area (Å²) in [5, 5.41) is 3.45. The molecule has 3 rings (SSSR count). The maximum atomic E-state index is 6.19. The van der Waals surface area contributed by atoms with Gasteiger partial charge in [0.05, 0.1) is 12.3 Å². The molecule has 0 radical (unpaired) electrons. The maximum Gasteiger partial charge on any atom is 0.143 e. The third kappa shape index (κ3) is 3.44. The second-order valence-electron chi connectivity index (χ2n) is 5.52. The van der Waals surface area contributed by atoms with Crippen LogP contribution < -0.4 is 15.0 Å². The van der Waals surface area contributed by atoms with Crippen molar-refractivity contribution < 1.29 is 9.47 Å². The fourth-order valence-electron chi connectivity index (χ4n) is 2.89. The van der Waals surface area contributed by atoms with E-state index in [0.29, 0.717) is 0 Å². The summed E-state index contributed by atoms with van der Waals surface area (Å²) in [5.74, 6) is 1.00. The van der Waals surface area contributed by atoms with Crippen molar-refractivity contribution in [1.82, 2.24) is 5.32 Å². The van der Waals surface area contributed by atoms with Crippen LogP contribution >= 0.6 is 0 Å². The van der Waals surface area contributed by atoms with Crippen molar-refractivity contribution in [3.8, 4) is 5.75 Å². The predicted octanol–water partition coefficient (Wildman–Crippen LogP) is 2.04. The molecule has 20 heavy (non-hydrogen) atoms. The molecule has 2 aliphatic heterocycles. The molecule has 0 aromatic heterocycles. The Bertz CT molecular complexity index is 411. The first kappa shape index (κ1) is 13.7. The number of benzene rings is 1. The molecule has 1 unspecified atom stereocenters. The van der Waals surface area contributed by atoms with Crippen LogP contribution in [0.2, 0.25) is 0 Å². The lowest BCUT2D eigenvalue weighted by Crippen LogP contribution is -2.31. The summed E-state index contributed by atoms with van der Waals surface area (Å²) in [6.45, 7) is 5.88. The number of rotatable bonds is 3. The zero-order chi connectivity index (χ0) is 13.6. The van der Waals surface area contributed by atoms with Gasteiger partial charge in [0.15, 0.2) is 0 Å². The smallest absolute Gasteiger partial charge is 0.143 e. The molecule has 0 spiro atoms. The third-order valence-electron chi connectivity index (χ3n) is 3.96. The van der Waals surface area contributed by atoms with Gasteiger partial charge in [-0.15, -0.1) is 0 Å². The van der Waals surface area contributed by atoms with Crippen molar-refractivity contribution in [1.29, 1.82) is 0 Å². The molecule has 1 aromatic carbocycles. The van der Waals surface area contributed by atoms with Gasteiger partial charge in [0.1, 0.15) is 11.9 Å². The van der Waals surface area contributed by atoms with Crippen LogP contribution in [-0.4, -0.2) is 45.5 Å². The van der Waals surface area contributed by atoms with Gasteiger partial charge in [0.2, 0.25) is 0 Å². The second-order valence-corrected chi connectivity index (χ2v) is 5.52. The normalized spacial score (nSPS) is 24.2. The van der Waals surface area contributed by atoms with Crippen LogP contribution in [0.15, 0.2) is 24.3 Å². The molecule has 2 aliphatic rings. The molecule has 4 nitrogen and oxygen atoms in total. The van der Waals surface area contributed by atoms with Gasteiger partial charge in [-0.25, -0.2) is 0 Å². The molecule has 2 saturated heterocycles. The summed E-state index contributed by atoms with van der Waals surface area (Å²) in [6, 6.07) is 8.41. The lowest BCUT2D eigenvalue weighted by atomic mass is 10.1. The van der Waals surface area contributed by atoms with E-state index in [1.54, 1.807) is 0 Å². The number of ether oxygens (including phenoxy) is 2.